The third kappa shape index (κ3) is 3.90. The van der Waals surface area contributed by atoms with Crippen molar-refractivity contribution in [1.82, 2.24) is 25.5 Å². The molecule has 0 atom stereocenters. The van der Waals surface area contributed by atoms with Crippen LogP contribution in [0.4, 0.5) is 4.79 Å². The number of hydrogen-bond donors (Lipinski definition) is 3. The van der Waals surface area contributed by atoms with Crippen molar-refractivity contribution in [2.24, 2.45) is 0 Å². The molecule has 0 bridgehead atoms. The molecule has 2 aromatic heterocycles. The highest BCUT2D eigenvalue weighted by molar-refractivity contribution is 5.76. The number of nitrogens with one attached hydrogen (secondary N) is 2. The summed E-state index contributed by atoms with van der Waals surface area (Å²) in [6.07, 6.45) is 3.95. The maximum absolute atomic E-state index is 11.6. The topological polar surface area (TPSA) is 122 Å². The van der Waals surface area contributed by atoms with Crippen LogP contribution in [0.25, 0.3) is 22.5 Å². The number of aromatic hydroxyl groups is 1. The highest BCUT2D eigenvalue weighted by Crippen LogP contribution is 2.33. The molecule has 0 radical (unpaired) electrons. The first-order valence-corrected chi connectivity index (χ1v) is 7.26. The maximum Gasteiger partial charge on any atom is 0.414 e. The Morgan fingerprint density at radius 2 is 2.12 bits per heavy atom. The number of phenolic OH excluding ortho intramolecular Hbond substituents is 1. The molecule has 1 aromatic carbocycles. The minimum atomic E-state index is -0.660. The monoisotopic (exact) mass is 341 g/mol. The molecule has 3 aromatic rings. The zero-order valence-electron chi connectivity index (χ0n) is 13.3. The van der Waals surface area contributed by atoms with Crippen molar-refractivity contribution in [3.8, 4) is 34.0 Å². The van der Waals surface area contributed by atoms with E-state index in [1.165, 1.54) is 25.6 Å². The number of nitrogens with zero attached hydrogens (tertiary/aromatic N) is 3. The van der Waals surface area contributed by atoms with Gasteiger partial charge in [0.05, 0.1) is 0 Å². The molecule has 3 N–H and O–H groups in total. The Morgan fingerprint density at radius 3 is 2.88 bits per heavy atom. The predicted octanol–water partition coefficient (Wildman–Crippen LogP) is 1.93. The molecule has 9 heteroatoms. The summed E-state index contributed by atoms with van der Waals surface area (Å²) in [4.78, 5) is 19.8. The highest BCUT2D eigenvalue weighted by atomic mass is 16.6. The van der Waals surface area contributed by atoms with Gasteiger partial charge in [0.25, 0.3) is 0 Å². The number of ether oxygens (including phenoxy) is 2. The van der Waals surface area contributed by atoms with E-state index in [1.807, 2.05) is 0 Å². The van der Waals surface area contributed by atoms with Gasteiger partial charge in [-0.15, -0.1) is 0 Å². The molecule has 3 rings (SSSR count). The smallest absolute Gasteiger partial charge is 0.414 e. The Kier molecular flexibility index (Phi) is 4.86. The van der Waals surface area contributed by atoms with Gasteiger partial charge in [-0.3, -0.25) is 15.4 Å². The van der Waals surface area contributed by atoms with Gasteiger partial charge in [-0.25, -0.2) is 9.78 Å². The summed E-state index contributed by atoms with van der Waals surface area (Å²) < 4.78 is 9.88. The minimum absolute atomic E-state index is 0.0289. The third-order valence-electron chi connectivity index (χ3n) is 3.28. The third-order valence-corrected chi connectivity index (χ3v) is 3.28. The molecular weight excluding hydrogens is 326 g/mol. The number of hydrogen-bond acceptors (Lipinski definition) is 7. The summed E-state index contributed by atoms with van der Waals surface area (Å²) in [6.45, 7) is 0.0346. The Hall–Kier alpha value is -3.46. The van der Waals surface area contributed by atoms with Gasteiger partial charge >= 0.3 is 6.09 Å². The Balaban J connectivity index is 1.88. The Bertz CT molecular complexity index is 867. The molecule has 0 saturated carbocycles. The molecule has 25 heavy (non-hydrogen) atoms. The van der Waals surface area contributed by atoms with Gasteiger partial charge < -0.3 is 14.6 Å². The fourth-order valence-electron chi connectivity index (χ4n) is 2.15. The molecular formula is C16H15N5O4. The number of aromatic amines is 1. The zero-order chi connectivity index (χ0) is 17.6. The second kappa shape index (κ2) is 7.41. The molecule has 0 spiro atoms. The van der Waals surface area contributed by atoms with Gasteiger partial charge in [0.2, 0.25) is 0 Å². The summed E-state index contributed by atoms with van der Waals surface area (Å²) in [7, 11) is 1.45. The number of benzene rings is 1. The molecule has 0 aliphatic rings. The molecule has 0 aliphatic heterocycles. The first kappa shape index (κ1) is 16.4. The van der Waals surface area contributed by atoms with Crippen LogP contribution < -0.4 is 10.1 Å². The van der Waals surface area contributed by atoms with E-state index in [-0.39, 0.29) is 18.2 Å². The summed E-state index contributed by atoms with van der Waals surface area (Å²) in [6, 6.07) is 6.26. The van der Waals surface area contributed by atoms with E-state index in [1.54, 1.807) is 24.5 Å². The zero-order valence-corrected chi connectivity index (χ0v) is 13.3. The second-order valence-corrected chi connectivity index (χ2v) is 4.97. The van der Waals surface area contributed by atoms with Crippen molar-refractivity contribution >= 4 is 6.09 Å². The van der Waals surface area contributed by atoms with Crippen LogP contribution >= 0.6 is 0 Å². The van der Waals surface area contributed by atoms with E-state index >= 15 is 0 Å². The maximum atomic E-state index is 11.6. The molecule has 0 saturated heterocycles. The van der Waals surface area contributed by atoms with Crippen LogP contribution in [0.5, 0.6) is 11.5 Å². The van der Waals surface area contributed by atoms with E-state index in [2.05, 4.69) is 25.5 Å². The number of H-pyrrole nitrogens is 1. The summed E-state index contributed by atoms with van der Waals surface area (Å²) in [5.74, 6) is 0.854. The second-order valence-electron chi connectivity index (χ2n) is 4.97. The largest absolute Gasteiger partial charge is 0.507 e. The molecule has 1 amide bonds. The number of phenols is 1. The van der Waals surface area contributed by atoms with Gasteiger partial charge in [0, 0.05) is 36.2 Å². The molecule has 0 unspecified atom stereocenters. The first-order valence-electron chi connectivity index (χ1n) is 7.26. The lowest BCUT2D eigenvalue weighted by Gasteiger charge is -2.10. The fourth-order valence-corrected chi connectivity index (χ4v) is 2.15. The standard InChI is InChI=1S/C16H15N5O4/c1-24-9-19-16(23)25-12-2-3-14(22)13(5-12)10-4-11(7-17-6-10)15-18-8-20-21-15/h2-8,22H,9H2,1H3,(H,19,23)(H,18,20,21). The van der Waals surface area contributed by atoms with Crippen LogP contribution in [0.2, 0.25) is 0 Å². The van der Waals surface area contributed by atoms with Crippen molar-refractivity contribution < 1.29 is 19.4 Å². The minimum Gasteiger partial charge on any atom is -0.507 e. The van der Waals surface area contributed by atoms with Crippen LogP contribution in [-0.4, -0.2) is 45.2 Å². The van der Waals surface area contributed by atoms with Crippen molar-refractivity contribution in [2.75, 3.05) is 13.8 Å². The summed E-state index contributed by atoms with van der Waals surface area (Å²) >= 11 is 0. The number of methoxy groups -OCH3 is 1. The average molecular weight is 341 g/mol. The van der Waals surface area contributed by atoms with Gasteiger partial charge in [-0.1, -0.05) is 0 Å². The molecule has 9 nitrogen and oxygen atoms in total. The lowest BCUT2D eigenvalue weighted by Crippen LogP contribution is -2.28. The normalized spacial score (nSPS) is 10.4. The highest BCUT2D eigenvalue weighted by Gasteiger charge is 2.11. The number of aromatic nitrogens is 4. The fraction of sp³-hybridized carbons (Fsp3) is 0.125. The van der Waals surface area contributed by atoms with E-state index in [0.717, 1.165) is 0 Å². The Labute approximate surface area is 142 Å². The lowest BCUT2D eigenvalue weighted by molar-refractivity contribution is 0.153. The van der Waals surface area contributed by atoms with Gasteiger partial charge in [-0.05, 0) is 24.3 Å². The number of amides is 1. The Morgan fingerprint density at radius 1 is 1.28 bits per heavy atom. The molecule has 0 fully saturated rings. The molecule has 0 aliphatic carbocycles. The van der Waals surface area contributed by atoms with Crippen molar-refractivity contribution in [3.05, 3.63) is 43.0 Å². The van der Waals surface area contributed by atoms with Crippen LogP contribution in [0.1, 0.15) is 0 Å². The van der Waals surface area contributed by atoms with Crippen molar-refractivity contribution in [1.29, 1.82) is 0 Å². The SMILES string of the molecule is COCNC(=O)Oc1ccc(O)c(-c2cncc(-c3ncn[nH]3)c2)c1. The predicted molar refractivity (Wildman–Crippen MR) is 87.8 cm³/mol. The average Bonchev–Trinajstić information content (AvgIpc) is 3.16. The van der Waals surface area contributed by atoms with Crippen molar-refractivity contribution in [3.63, 3.8) is 0 Å². The van der Waals surface area contributed by atoms with Gasteiger partial charge in [-0.2, -0.15) is 5.10 Å². The van der Waals surface area contributed by atoms with E-state index in [0.29, 0.717) is 22.5 Å². The number of rotatable bonds is 5. The van der Waals surface area contributed by atoms with Gasteiger partial charge in [0.15, 0.2) is 5.82 Å². The number of carbonyl (C=O) groups excluding carboxylic acids is 1. The number of carbonyl (C=O) groups is 1. The van der Waals surface area contributed by atoms with Crippen LogP contribution in [-0.2, 0) is 4.74 Å². The summed E-state index contributed by atoms with van der Waals surface area (Å²) in [5, 5.41) is 19.1. The van der Waals surface area contributed by atoms with Crippen LogP contribution in [0.15, 0.2) is 43.0 Å². The van der Waals surface area contributed by atoms with Crippen molar-refractivity contribution in [2.45, 2.75) is 0 Å². The molecule has 128 valence electrons. The van der Waals surface area contributed by atoms with Crippen LogP contribution in [0.3, 0.4) is 0 Å². The number of pyridine rings is 1. The molecule has 2 heterocycles. The lowest BCUT2D eigenvalue weighted by atomic mass is 10.0. The van der Waals surface area contributed by atoms with E-state index < -0.39 is 6.09 Å². The summed E-state index contributed by atoms with van der Waals surface area (Å²) in [5.41, 5.74) is 1.80. The first-order chi connectivity index (χ1) is 12.2. The van der Waals surface area contributed by atoms with Gasteiger partial charge in [0.1, 0.15) is 24.6 Å². The van der Waals surface area contributed by atoms with E-state index in [4.69, 9.17) is 9.47 Å². The van der Waals surface area contributed by atoms with E-state index in [9.17, 15) is 9.90 Å². The van der Waals surface area contributed by atoms with Crippen LogP contribution in [0, 0.1) is 0 Å². The quantitative estimate of drug-likeness (QED) is 0.606.